The smallest absolute Gasteiger partial charge is 0.240 e. The van der Waals surface area contributed by atoms with E-state index in [0.717, 1.165) is 16.3 Å². The summed E-state index contributed by atoms with van der Waals surface area (Å²) in [5.74, 6) is -1.37. The number of amides is 2. The van der Waals surface area contributed by atoms with E-state index >= 15 is 0 Å². The van der Waals surface area contributed by atoms with Gasteiger partial charge in [0, 0.05) is 13.5 Å². The van der Waals surface area contributed by atoms with Crippen LogP contribution in [0.5, 0.6) is 0 Å². The number of hydrogen-bond donors (Lipinski definition) is 2. The fraction of sp³-hybridized carbons (Fsp3) is 0.250. The summed E-state index contributed by atoms with van der Waals surface area (Å²) in [6.07, 6.45) is 0.479. The molecule has 0 spiro atoms. The Balaban J connectivity index is 1.77. The molecule has 0 aliphatic heterocycles. The van der Waals surface area contributed by atoms with Gasteiger partial charge in [0.1, 0.15) is 11.9 Å². The van der Waals surface area contributed by atoms with Crippen molar-refractivity contribution in [2.45, 2.75) is 24.9 Å². The predicted octanol–water partition coefficient (Wildman–Crippen LogP) is 2.66. The lowest BCUT2D eigenvalue weighted by atomic mass is 9.99. The molecule has 0 unspecified atom stereocenters. The van der Waals surface area contributed by atoms with Gasteiger partial charge in [0.05, 0.1) is 6.04 Å². The molecular formula is C24H26FN3O2. The Bertz CT molecular complexity index is 1050. The average molecular weight is 407 g/mol. The highest BCUT2D eigenvalue weighted by Crippen LogP contribution is 2.18. The van der Waals surface area contributed by atoms with Crippen LogP contribution in [0.1, 0.15) is 11.1 Å². The van der Waals surface area contributed by atoms with Crippen LogP contribution in [0.3, 0.4) is 0 Å². The monoisotopic (exact) mass is 407 g/mol. The van der Waals surface area contributed by atoms with E-state index in [0.29, 0.717) is 12.0 Å². The van der Waals surface area contributed by atoms with Gasteiger partial charge >= 0.3 is 0 Å². The molecule has 0 aromatic heterocycles. The largest absolute Gasteiger partial charge is 0.368 e. The zero-order valence-corrected chi connectivity index (χ0v) is 17.1. The minimum Gasteiger partial charge on any atom is -0.368 e. The van der Waals surface area contributed by atoms with Crippen LogP contribution in [0.25, 0.3) is 10.8 Å². The third kappa shape index (κ3) is 4.83. The van der Waals surface area contributed by atoms with Crippen molar-refractivity contribution in [2.24, 2.45) is 5.73 Å². The number of rotatable bonds is 8. The second-order valence-corrected chi connectivity index (χ2v) is 7.39. The van der Waals surface area contributed by atoms with E-state index in [1.807, 2.05) is 36.4 Å². The molecule has 0 aliphatic rings. The molecule has 6 heteroatoms. The Morgan fingerprint density at radius 1 is 1.00 bits per heavy atom. The fourth-order valence-corrected chi connectivity index (χ4v) is 3.61. The van der Waals surface area contributed by atoms with Crippen molar-refractivity contribution in [3.05, 3.63) is 83.7 Å². The third-order valence-corrected chi connectivity index (χ3v) is 5.41. The summed E-state index contributed by atoms with van der Waals surface area (Å²) in [7, 11) is 3.23. The molecule has 0 bridgehead atoms. The normalized spacial score (nSPS) is 13.0. The fourth-order valence-electron chi connectivity index (χ4n) is 3.61. The number of fused-ring (bicyclic) bond motifs is 1. The molecule has 0 saturated heterocycles. The minimum atomic E-state index is -0.943. The highest BCUT2D eigenvalue weighted by Gasteiger charge is 2.30. The number of nitrogens with two attached hydrogens (primary N) is 1. The number of carbonyl (C=O) groups is 2. The SMILES string of the molecule is CN[C@H](Cc1ccc2ccccc2c1)C(=O)N(C)[C@H](Cc1ccccc1F)C(N)=O. The minimum absolute atomic E-state index is 0.0245. The first-order chi connectivity index (χ1) is 14.4. The molecule has 156 valence electrons. The summed E-state index contributed by atoms with van der Waals surface area (Å²) in [6.45, 7) is 0. The maximum Gasteiger partial charge on any atom is 0.240 e. The number of nitrogens with one attached hydrogen (secondary N) is 1. The van der Waals surface area contributed by atoms with Crippen molar-refractivity contribution in [3.63, 3.8) is 0 Å². The van der Waals surface area contributed by atoms with Crippen LogP contribution < -0.4 is 11.1 Å². The van der Waals surface area contributed by atoms with Crippen molar-refractivity contribution < 1.29 is 14.0 Å². The summed E-state index contributed by atoms with van der Waals surface area (Å²) < 4.78 is 14.0. The summed E-state index contributed by atoms with van der Waals surface area (Å²) in [5.41, 5.74) is 6.90. The van der Waals surface area contributed by atoms with Gasteiger partial charge in [0.15, 0.2) is 0 Å². The number of primary amides is 1. The molecule has 0 heterocycles. The van der Waals surface area contributed by atoms with Gasteiger partial charge in [0.2, 0.25) is 11.8 Å². The average Bonchev–Trinajstić information content (AvgIpc) is 2.75. The number of nitrogens with zero attached hydrogens (tertiary/aromatic N) is 1. The number of halogens is 1. The maximum atomic E-state index is 14.0. The number of likely N-dealkylation sites (N-methyl/N-ethyl adjacent to an activating group) is 2. The van der Waals surface area contributed by atoms with Gasteiger partial charge in [-0.05, 0) is 41.4 Å². The molecule has 0 radical (unpaired) electrons. The topological polar surface area (TPSA) is 75.4 Å². The van der Waals surface area contributed by atoms with Crippen LogP contribution in [0.2, 0.25) is 0 Å². The van der Waals surface area contributed by atoms with Gasteiger partial charge in [-0.1, -0.05) is 60.7 Å². The third-order valence-electron chi connectivity index (χ3n) is 5.41. The molecule has 2 amide bonds. The Hall–Kier alpha value is -3.25. The lowest BCUT2D eigenvalue weighted by molar-refractivity contribution is -0.139. The van der Waals surface area contributed by atoms with E-state index in [-0.39, 0.29) is 12.3 Å². The van der Waals surface area contributed by atoms with Gasteiger partial charge in [-0.25, -0.2) is 4.39 Å². The standard InChI is InChI=1S/C24H26FN3O2/c1-27-21(14-16-11-12-17-7-3-4-8-18(17)13-16)24(30)28(2)22(23(26)29)15-19-9-5-6-10-20(19)25/h3-13,21-22,27H,14-15H2,1-2H3,(H2,26,29)/t21-,22-/m1/s1. The summed E-state index contributed by atoms with van der Waals surface area (Å²) in [4.78, 5) is 26.5. The van der Waals surface area contributed by atoms with Crippen LogP contribution in [0, 0.1) is 5.82 Å². The first-order valence-electron chi connectivity index (χ1n) is 9.85. The molecule has 0 fully saturated rings. The quantitative estimate of drug-likeness (QED) is 0.603. The second-order valence-electron chi connectivity index (χ2n) is 7.39. The molecule has 3 rings (SSSR count). The van der Waals surface area contributed by atoms with Gasteiger partial charge < -0.3 is 16.0 Å². The predicted molar refractivity (Wildman–Crippen MR) is 116 cm³/mol. The summed E-state index contributed by atoms with van der Waals surface area (Å²) in [6, 6.07) is 18.8. The van der Waals surface area contributed by atoms with Gasteiger partial charge in [-0.15, -0.1) is 0 Å². The molecule has 30 heavy (non-hydrogen) atoms. The zero-order chi connectivity index (χ0) is 21.7. The summed E-state index contributed by atoms with van der Waals surface area (Å²) in [5, 5.41) is 5.26. The lowest BCUT2D eigenvalue weighted by Gasteiger charge is -2.29. The van der Waals surface area contributed by atoms with Crippen molar-refractivity contribution in [3.8, 4) is 0 Å². The molecule has 3 N–H and O–H groups in total. The molecule has 0 aliphatic carbocycles. The van der Waals surface area contributed by atoms with E-state index in [1.54, 1.807) is 25.2 Å². The van der Waals surface area contributed by atoms with Crippen LogP contribution in [-0.4, -0.2) is 42.9 Å². The molecule has 3 aromatic carbocycles. The second kappa shape index (κ2) is 9.50. The number of hydrogen-bond acceptors (Lipinski definition) is 3. The molecular weight excluding hydrogens is 381 g/mol. The van der Waals surface area contributed by atoms with E-state index in [4.69, 9.17) is 5.73 Å². The Morgan fingerprint density at radius 2 is 1.67 bits per heavy atom. The van der Waals surface area contributed by atoms with Crippen LogP contribution in [-0.2, 0) is 22.4 Å². The van der Waals surface area contributed by atoms with Crippen LogP contribution >= 0.6 is 0 Å². The van der Waals surface area contributed by atoms with Gasteiger partial charge in [-0.3, -0.25) is 9.59 Å². The van der Waals surface area contributed by atoms with Crippen LogP contribution in [0.4, 0.5) is 4.39 Å². The van der Waals surface area contributed by atoms with Crippen molar-refractivity contribution in [1.82, 2.24) is 10.2 Å². The van der Waals surface area contributed by atoms with E-state index in [2.05, 4.69) is 11.4 Å². The highest BCUT2D eigenvalue weighted by atomic mass is 19.1. The first-order valence-corrected chi connectivity index (χ1v) is 9.85. The van der Waals surface area contributed by atoms with E-state index in [9.17, 15) is 14.0 Å². The van der Waals surface area contributed by atoms with E-state index < -0.39 is 23.8 Å². The van der Waals surface area contributed by atoms with Gasteiger partial charge in [0.25, 0.3) is 0 Å². The Morgan fingerprint density at radius 3 is 2.33 bits per heavy atom. The van der Waals surface area contributed by atoms with Gasteiger partial charge in [-0.2, -0.15) is 0 Å². The van der Waals surface area contributed by atoms with Crippen molar-refractivity contribution in [1.29, 1.82) is 0 Å². The summed E-state index contributed by atoms with van der Waals surface area (Å²) >= 11 is 0. The van der Waals surface area contributed by atoms with Crippen LogP contribution in [0.15, 0.2) is 66.7 Å². The molecule has 2 atom stereocenters. The number of carbonyl (C=O) groups excluding carboxylic acids is 2. The van der Waals surface area contributed by atoms with Crippen molar-refractivity contribution >= 4 is 22.6 Å². The molecule has 5 nitrogen and oxygen atoms in total. The number of benzene rings is 3. The van der Waals surface area contributed by atoms with Crippen molar-refractivity contribution in [2.75, 3.05) is 14.1 Å². The van der Waals surface area contributed by atoms with E-state index in [1.165, 1.54) is 18.0 Å². The Labute approximate surface area is 175 Å². The molecule has 0 saturated carbocycles. The maximum absolute atomic E-state index is 14.0. The Kier molecular flexibility index (Phi) is 6.79. The molecule has 3 aromatic rings. The first kappa shape index (κ1) is 21.5. The highest BCUT2D eigenvalue weighted by molar-refractivity contribution is 5.89. The zero-order valence-electron chi connectivity index (χ0n) is 17.1. The lowest BCUT2D eigenvalue weighted by Crippen LogP contribution is -2.53.